The molecule has 0 amide bonds. The third-order valence-electron chi connectivity index (χ3n) is 18.5. The van der Waals surface area contributed by atoms with Gasteiger partial charge >= 0.3 is 253 Å². The Labute approximate surface area is 604 Å². The van der Waals surface area contributed by atoms with Crippen LogP contribution in [0.25, 0.3) is 76.8 Å². The second-order valence-corrected chi connectivity index (χ2v) is 43.5. The summed E-state index contributed by atoms with van der Waals surface area (Å²) in [5, 5.41) is 12.9. The molecule has 0 unspecified atom stereocenters. The molecule has 0 aliphatic rings. The van der Waals surface area contributed by atoms with Crippen molar-refractivity contribution in [1.29, 1.82) is 0 Å². The number of aromatic nitrogens is 5. The monoisotopic (exact) mass is 1520 g/mol. The van der Waals surface area contributed by atoms with E-state index in [0.717, 1.165) is 97.5 Å². The number of H-pyrrole nitrogens is 2. The van der Waals surface area contributed by atoms with Crippen LogP contribution in [0.15, 0.2) is 222 Å². The first-order valence-corrected chi connectivity index (χ1v) is 44.8. The van der Waals surface area contributed by atoms with Crippen LogP contribution in [0.3, 0.4) is 0 Å². The number of benzene rings is 8. The molecule has 101 heavy (non-hydrogen) atoms. The third kappa shape index (κ3) is 14.9. The number of methoxy groups -OCH3 is 2. The molecule has 5 heterocycles. The largest absolute Gasteiger partial charge is 1.00 e. The molecule has 18 nitrogen and oxygen atoms in total. The number of aromatic carboxylic acids is 1. The van der Waals surface area contributed by atoms with Crippen LogP contribution in [0, 0.1) is 20.8 Å². The number of carboxylic acids is 1. The van der Waals surface area contributed by atoms with E-state index in [1.54, 1.807) is 115 Å². The fraction of sp³-hybridized carbons (Fsp3) is 0.218. The zero-order chi connectivity index (χ0) is 70.6. The molecule has 5 aromatic heterocycles. The van der Waals surface area contributed by atoms with Crippen molar-refractivity contribution in [3.63, 3.8) is 0 Å². The molecular weight excluding hydrogens is 1440 g/mol. The summed E-state index contributed by atoms with van der Waals surface area (Å²) in [5.41, 5.74) is 9.62. The number of fused-ring (bicyclic) bond motifs is 5. The van der Waals surface area contributed by atoms with E-state index in [9.17, 15) is 44.7 Å². The summed E-state index contributed by atoms with van der Waals surface area (Å²) in [4.78, 5) is 44.2. The predicted molar refractivity (Wildman–Crippen MR) is 398 cm³/mol. The molecule has 0 aliphatic carbocycles. The number of unbranched alkanes of at least 4 members (excludes halogenated alkanes) is 3. The molecule has 0 spiro atoms. The van der Waals surface area contributed by atoms with Gasteiger partial charge in [-0.2, -0.15) is 0 Å². The number of aryl methyl sites for hydroxylation is 3. The van der Waals surface area contributed by atoms with Crippen molar-refractivity contribution < 1.29 is 78.6 Å². The number of para-hydroxylation sites is 2. The average Bonchev–Trinajstić information content (AvgIpc) is 1.58. The maximum absolute atomic E-state index is 14.0. The summed E-state index contributed by atoms with van der Waals surface area (Å²) < 4.78 is 102. The molecule has 0 fully saturated rings. The van der Waals surface area contributed by atoms with Crippen LogP contribution in [0.4, 0.5) is 0 Å². The summed E-state index contributed by atoms with van der Waals surface area (Å²) in [6.45, 7) is 12.4. The van der Waals surface area contributed by atoms with Gasteiger partial charge in [0, 0.05) is 79.6 Å². The normalized spacial score (nSPS) is 11.8. The predicted octanol–water partition coefficient (Wildman–Crippen LogP) is 14.0. The van der Waals surface area contributed by atoms with E-state index in [2.05, 4.69) is 30.7 Å². The van der Waals surface area contributed by atoms with Gasteiger partial charge in [-0.25, -0.2) is 34.4 Å². The Hall–Kier alpha value is -8.92. The molecule has 0 atom stereocenters. The Bertz CT molecular complexity index is 5520. The number of esters is 2. The molecule has 518 valence electrons. The third-order valence-corrected chi connectivity index (χ3v) is 39.1. The van der Waals surface area contributed by atoms with Crippen molar-refractivity contribution in [3.05, 3.63) is 240 Å². The van der Waals surface area contributed by atoms with Gasteiger partial charge in [-0.1, -0.05) is 83.9 Å². The van der Waals surface area contributed by atoms with Crippen LogP contribution >= 0.6 is 0 Å². The average molecular weight is 1520 g/mol. The molecule has 8 aromatic carbocycles. The van der Waals surface area contributed by atoms with E-state index < -0.39 is 66.4 Å². The van der Waals surface area contributed by atoms with Crippen molar-refractivity contribution in [1.82, 2.24) is 21.9 Å². The Kier molecular flexibility index (Phi) is 24.1. The van der Waals surface area contributed by atoms with Crippen molar-refractivity contribution in [2.45, 2.75) is 108 Å². The van der Waals surface area contributed by atoms with Crippen LogP contribution < -0.4 is 22.4 Å². The summed E-state index contributed by atoms with van der Waals surface area (Å²) in [6.07, 6.45) is 15.4. The van der Waals surface area contributed by atoms with E-state index in [4.69, 9.17) is 9.47 Å². The summed E-state index contributed by atoms with van der Waals surface area (Å²) in [5.74, 6) is -1.97. The summed E-state index contributed by atoms with van der Waals surface area (Å²) >= 11 is -3.14. The number of carbonyl (C=O) groups excluding carboxylic acids is 2. The molecule has 23 heteroatoms. The minimum atomic E-state index is -4.10. The second-order valence-electron chi connectivity index (χ2n) is 24.9. The zero-order valence-electron chi connectivity index (χ0n) is 57.9. The number of nitrogens with zero attached hydrogens (tertiary/aromatic N) is 3. The summed E-state index contributed by atoms with van der Waals surface area (Å²) in [7, 11) is -9.32. The number of hydrogen-bond donors (Lipinski definition) is 3. The fourth-order valence-electron chi connectivity index (χ4n) is 13.3. The van der Waals surface area contributed by atoms with Crippen molar-refractivity contribution in [2.75, 3.05) is 14.2 Å². The van der Waals surface area contributed by atoms with Gasteiger partial charge in [0.2, 0.25) is 0 Å². The van der Waals surface area contributed by atoms with Crippen LogP contribution in [0.1, 0.15) is 107 Å². The quantitative estimate of drug-likeness (QED) is 0.0447. The molecule has 13 rings (SSSR count). The number of nitrogens with one attached hydrogen (secondary N) is 2. The van der Waals surface area contributed by atoms with Gasteiger partial charge in [0.15, 0.2) is 0 Å². The van der Waals surface area contributed by atoms with E-state index in [1.807, 2.05) is 87.9 Å². The fourth-order valence-corrected chi connectivity index (χ4v) is 34.4. The first-order valence-electron chi connectivity index (χ1n) is 33.0. The molecular formula is C78H80LiN5O13S3Sn. The Morgan fingerprint density at radius 3 is 1.31 bits per heavy atom. The first-order chi connectivity index (χ1) is 47.5. The van der Waals surface area contributed by atoms with Gasteiger partial charge in [-0.3, -0.25) is 0 Å². The van der Waals surface area contributed by atoms with Crippen molar-refractivity contribution >= 4 is 124 Å². The number of carbonyl (C=O) groups is 3. The molecule has 0 aliphatic heterocycles. The number of rotatable bonds is 21. The van der Waals surface area contributed by atoms with Crippen LogP contribution in [0.2, 0.25) is 13.3 Å². The number of aromatic amines is 2. The Morgan fingerprint density at radius 1 is 0.426 bits per heavy atom. The maximum atomic E-state index is 14.0. The first kappa shape index (κ1) is 76.3. The van der Waals surface area contributed by atoms with Crippen LogP contribution in [0.5, 0.6) is 0 Å². The topological polar surface area (TPSA) is 269 Å². The van der Waals surface area contributed by atoms with Crippen LogP contribution in [-0.4, -0.2) is 108 Å². The number of carboxylic acid groups (broad SMARTS) is 1. The van der Waals surface area contributed by atoms with Gasteiger partial charge in [0.05, 0.1) is 39.1 Å². The van der Waals surface area contributed by atoms with Gasteiger partial charge in [-0.15, -0.1) is 0 Å². The van der Waals surface area contributed by atoms with Crippen molar-refractivity contribution in [3.8, 4) is 22.3 Å². The van der Waals surface area contributed by atoms with Crippen LogP contribution in [-0.2, 0) is 39.5 Å². The molecule has 4 N–H and O–H groups in total. The molecule has 0 radical (unpaired) electrons. The van der Waals surface area contributed by atoms with E-state index in [-0.39, 0.29) is 50.1 Å². The zero-order valence-corrected chi connectivity index (χ0v) is 63.2. The second kappa shape index (κ2) is 32.0. The standard InChI is InChI=1S/C32H26N2O6S2.C17H12N2O2.C17H14NO4S.3C4H9.Li.H2O.Sn/c1-21-11-15-23(16-12-21)41(36,37)33-19-27(25-7-4-5-9-29(25)33)28-20-34(42(38,39)24-17-13-22(2)14-18-24)30-10-6-8-26(31(28)30)32(35)40-3;20-17(21)11-5-3-7-15-16(11)13(9-19-15)12-8-18-14-6-2-1-4-10(12)14;1-12-6-8-13(9-7-12)23(20,21)18-11-10-14-15(17(19)22-2)4-3-5-16(14)18;3*1-3-4-2;;;/h4-20H,1-3H3;1-9,18-19H,(H,20,21);3-9,11H,1-2H3;3*1,3-4H2,2H3;;1H2;/q;;;;;;+1;;/p-1. The Morgan fingerprint density at radius 2 is 0.812 bits per heavy atom. The minimum Gasteiger partial charge on any atom is -0.870 e. The van der Waals surface area contributed by atoms with E-state index in [1.165, 1.54) is 63.6 Å². The minimum absolute atomic E-state index is 0. The smallest absolute Gasteiger partial charge is 0.870 e. The van der Waals surface area contributed by atoms with Gasteiger partial charge in [0.25, 0.3) is 20.0 Å². The molecule has 0 saturated heterocycles. The molecule has 13 aromatic rings. The van der Waals surface area contributed by atoms with Crippen molar-refractivity contribution in [2.24, 2.45) is 0 Å². The molecule has 0 saturated carbocycles. The van der Waals surface area contributed by atoms with E-state index >= 15 is 0 Å². The van der Waals surface area contributed by atoms with Gasteiger partial charge < -0.3 is 25.3 Å². The van der Waals surface area contributed by atoms with E-state index in [0.29, 0.717) is 44.1 Å². The Balaban J connectivity index is 0.000000183. The summed E-state index contributed by atoms with van der Waals surface area (Å²) in [6, 6.07) is 50.4. The van der Waals surface area contributed by atoms with Gasteiger partial charge in [0.1, 0.15) is 0 Å². The molecule has 0 bridgehead atoms. The number of ether oxygens (including phenoxy) is 2. The SMILES string of the molecule is CCC[CH2][Sn]([CH2]CCC)([CH2]CCC)[c]1cn(S(=O)(=O)c2ccc(C)cc2)c2cccc(C(=O)OC)c12.COC(=O)c1cccc2c1c(-c1cn(S(=O)(=O)c3ccc(C)cc3)c3ccccc13)cn2S(=O)(=O)c1ccc(C)cc1.O=C(O)c1cccc2[nH]cc(-c3c[nH]c4ccccc34)c12.[Li+].[OH-]. The van der Waals surface area contributed by atoms with Gasteiger partial charge in [-0.05, 0) is 74.5 Å². The number of hydrogen-bond acceptors (Lipinski definition) is 12. The maximum Gasteiger partial charge on any atom is 1.00 e.